The quantitative estimate of drug-likeness (QED) is 0.800. The highest BCUT2D eigenvalue weighted by molar-refractivity contribution is 7.91. The molecule has 0 aromatic heterocycles. The molecule has 1 amide bonds. The fourth-order valence-electron chi connectivity index (χ4n) is 4.17. The minimum Gasteiger partial charge on any atom is -0.495 e. The van der Waals surface area contributed by atoms with Gasteiger partial charge in [0.1, 0.15) is 28.1 Å². The van der Waals surface area contributed by atoms with Crippen LogP contribution in [0.25, 0.3) is 0 Å². The molecular formula is C22H25NO6S. The number of likely N-dealkylation sites (tertiary alicyclic amines) is 1. The average molecular weight is 432 g/mol. The second kappa shape index (κ2) is 7.28. The molecule has 2 aliphatic heterocycles. The number of carbonyl (C=O) groups excluding carboxylic acids is 1. The number of aliphatic hydroxyl groups is 1. The van der Waals surface area contributed by atoms with Crippen molar-refractivity contribution in [2.24, 2.45) is 0 Å². The number of methoxy groups -OCH3 is 1. The number of hydrogen-bond acceptors (Lipinski definition) is 6. The number of amides is 1. The van der Waals surface area contributed by atoms with E-state index in [1.807, 2.05) is 0 Å². The monoisotopic (exact) mass is 431 g/mol. The van der Waals surface area contributed by atoms with Crippen molar-refractivity contribution in [2.45, 2.75) is 54.2 Å². The number of ether oxygens (including phenoxy) is 2. The highest BCUT2D eigenvalue weighted by Crippen LogP contribution is 2.47. The van der Waals surface area contributed by atoms with Crippen LogP contribution in [0.1, 0.15) is 38.3 Å². The molecule has 0 aliphatic carbocycles. The average Bonchev–Trinajstić information content (AvgIpc) is 3.14. The van der Waals surface area contributed by atoms with Gasteiger partial charge in [0.2, 0.25) is 15.7 Å². The zero-order chi connectivity index (χ0) is 21.7. The van der Waals surface area contributed by atoms with E-state index in [2.05, 4.69) is 0 Å². The Labute approximate surface area is 176 Å². The lowest BCUT2D eigenvalue weighted by atomic mass is 9.85. The number of aliphatic hydroxyl groups excluding tert-OH is 1. The van der Waals surface area contributed by atoms with E-state index < -0.39 is 27.6 Å². The van der Waals surface area contributed by atoms with Crippen LogP contribution < -0.4 is 9.47 Å². The van der Waals surface area contributed by atoms with Gasteiger partial charge < -0.3 is 19.5 Å². The number of fused-ring (bicyclic) bond motifs is 1. The molecule has 1 N–H and O–H groups in total. The van der Waals surface area contributed by atoms with Crippen LogP contribution in [0.5, 0.6) is 11.5 Å². The van der Waals surface area contributed by atoms with Gasteiger partial charge >= 0.3 is 0 Å². The summed E-state index contributed by atoms with van der Waals surface area (Å²) in [7, 11) is -2.49. The van der Waals surface area contributed by atoms with Gasteiger partial charge in [-0.05, 0) is 38.5 Å². The lowest BCUT2D eigenvalue weighted by molar-refractivity contribution is -0.139. The largest absolute Gasteiger partial charge is 0.495 e. The van der Waals surface area contributed by atoms with E-state index >= 15 is 0 Å². The van der Waals surface area contributed by atoms with E-state index in [1.165, 1.54) is 31.4 Å². The fourth-order valence-corrected chi connectivity index (χ4v) is 5.63. The van der Waals surface area contributed by atoms with E-state index in [0.29, 0.717) is 30.7 Å². The summed E-state index contributed by atoms with van der Waals surface area (Å²) in [5.74, 6) is 0.487. The molecule has 4 rings (SSSR count). The van der Waals surface area contributed by atoms with Crippen LogP contribution >= 0.6 is 0 Å². The van der Waals surface area contributed by atoms with Gasteiger partial charge in [0.05, 0.1) is 18.0 Å². The molecule has 30 heavy (non-hydrogen) atoms. The topological polar surface area (TPSA) is 93.1 Å². The Morgan fingerprint density at radius 1 is 1.20 bits per heavy atom. The summed E-state index contributed by atoms with van der Waals surface area (Å²) < 4.78 is 38.1. The van der Waals surface area contributed by atoms with Crippen LogP contribution in [0.2, 0.25) is 0 Å². The van der Waals surface area contributed by atoms with E-state index in [4.69, 9.17) is 9.47 Å². The number of hydrogen-bond donors (Lipinski definition) is 1. The number of benzene rings is 2. The zero-order valence-electron chi connectivity index (χ0n) is 17.2. The van der Waals surface area contributed by atoms with E-state index in [0.717, 1.165) is 0 Å². The minimum absolute atomic E-state index is 0.0258. The van der Waals surface area contributed by atoms with Crippen LogP contribution in [0.4, 0.5) is 0 Å². The van der Waals surface area contributed by atoms with Crippen molar-refractivity contribution in [3.05, 3.63) is 48.0 Å². The van der Waals surface area contributed by atoms with Crippen molar-refractivity contribution in [3.63, 3.8) is 0 Å². The second-order valence-corrected chi connectivity index (χ2v) is 10.1. The third-order valence-corrected chi connectivity index (χ3v) is 7.58. The van der Waals surface area contributed by atoms with Crippen LogP contribution in [-0.2, 0) is 14.6 Å². The summed E-state index contributed by atoms with van der Waals surface area (Å²) in [4.78, 5) is 14.2. The molecule has 0 spiro atoms. The molecule has 0 bridgehead atoms. The predicted octanol–water partition coefficient (Wildman–Crippen LogP) is 2.72. The van der Waals surface area contributed by atoms with Gasteiger partial charge in [0, 0.05) is 24.6 Å². The van der Waals surface area contributed by atoms with Gasteiger partial charge in [0.15, 0.2) is 0 Å². The Balaban J connectivity index is 1.93. The van der Waals surface area contributed by atoms with Gasteiger partial charge in [-0.3, -0.25) is 4.79 Å². The third kappa shape index (κ3) is 3.24. The molecule has 2 atom stereocenters. The van der Waals surface area contributed by atoms with Crippen molar-refractivity contribution < 1.29 is 27.8 Å². The maximum Gasteiger partial charge on any atom is 0.223 e. The first-order valence-corrected chi connectivity index (χ1v) is 11.3. The second-order valence-electron chi connectivity index (χ2n) is 8.14. The number of rotatable bonds is 4. The summed E-state index contributed by atoms with van der Waals surface area (Å²) in [6.07, 6.45) is 0.0857. The summed E-state index contributed by atoms with van der Waals surface area (Å²) in [6, 6.07) is 10.4. The molecule has 2 heterocycles. The molecule has 2 aromatic carbocycles. The van der Waals surface area contributed by atoms with Crippen LogP contribution in [0.3, 0.4) is 0 Å². The van der Waals surface area contributed by atoms with Gasteiger partial charge in [-0.15, -0.1) is 0 Å². The highest BCUT2D eigenvalue weighted by atomic mass is 32.2. The molecular weight excluding hydrogens is 406 g/mol. The number of nitrogens with zero attached hydrogens (tertiary/aromatic N) is 1. The van der Waals surface area contributed by atoms with Crippen molar-refractivity contribution >= 4 is 15.7 Å². The maximum atomic E-state index is 13.3. The molecule has 0 unspecified atom stereocenters. The lowest BCUT2D eigenvalue weighted by Gasteiger charge is -2.45. The Morgan fingerprint density at radius 3 is 2.50 bits per heavy atom. The van der Waals surface area contributed by atoms with Crippen molar-refractivity contribution in [1.82, 2.24) is 4.90 Å². The summed E-state index contributed by atoms with van der Waals surface area (Å²) in [6.45, 7) is 3.99. The smallest absolute Gasteiger partial charge is 0.223 e. The first kappa shape index (κ1) is 20.7. The van der Waals surface area contributed by atoms with Crippen molar-refractivity contribution in [2.75, 3.05) is 13.7 Å². The Bertz CT molecular complexity index is 1080. The van der Waals surface area contributed by atoms with Gasteiger partial charge in [-0.2, -0.15) is 0 Å². The highest BCUT2D eigenvalue weighted by Gasteiger charge is 2.48. The molecule has 0 radical (unpaired) electrons. The summed E-state index contributed by atoms with van der Waals surface area (Å²) in [5.41, 5.74) is -0.502. The molecule has 0 saturated carbocycles. The Hall–Kier alpha value is -2.58. The van der Waals surface area contributed by atoms with E-state index in [1.54, 1.807) is 36.9 Å². The van der Waals surface area contributed by atoms with Crippen LogP contribution in [-0.4, -0.2) is 49.7 Å². The van der Waals surface area contributed by atoms with Crippen LogP contribution in [0, 0.1) is 0 Å². The lowest BCUT2D eigenvalue weighted by Crippen LogP contribution is -2.53. The molecule has 1 fully saturated rings. The minimum atomic E-state index is -3.89. The normalized spacial score (nSPS) is 23.1. The molecule has 2 aromatic rings. The summed E-state index contributed by atoms with van der Waals surface area (Å²) >= 11 is 0. The fraction of sp³-hybridized carbons (Fsp3) is 0.409. The maximum absolute atomic E-state index is 13.3. The first-order valence-electron chi connectivity index (χ1n) is 9.85. The van der Waals surface area contributed by atoms with E-state index in [-0.39, 0.29) is 21.4 Å². The van der Waals surface area contributed by atoms with E-state index in [9.17, 15) is 18.3 Å². The molecule has 160 valence electrons. The van der Waals surface area contributed by atoms with Crippen molar-refractivity contribution in [3.8, 4) is 11.5 Å². The number of sulfone groups is 1. The number of carbonyl (C=O) groups is 1. The van der Waals surface area contributed by atoms with Crippen LogP contribution in [0.15, 0.2) is 52.3 Å². The van der Waals surface area contributed by atoms with Gasteiger partial charge in [0.25, 0.3) is 0 Å². The predicted molar refractivity (Wildman–Crippen MR) is 109 cm³/mol. The van der Waals surface area contributed by atoms with Gasteiger partial charge in [-0.1, -0.05) is 18.2 Å². The summed E-state index contributed by atoms with van der Waals surface area (Å²) in [5, 5.41) is 11.1. The SMILES string of the molecule is COc1cc2c(cc1S(=O)(=O)c1ccccc1)[C@@H](N1CCCC1=O)[C@H](O)C(C)(C)O2. The third-order valence-electron chi connectivity index (χ3n) is 5.79. The molecule has 1 saturated heterocycles. The van der Waals surface area contributed by atoms with Gasteiger partial charge in [-0.25, -0.2) is 8.42 Å². The first-order chi connectivity index (χ1) is 14.2. The Morgan fingerprint density at radius 2 is 1.90 bits per heavy atom. The molecule has 8 heteroatoms. The molecule has 2 aliphatic rings. The standard InChI is InChI=1S/C22H25NO6S/c1-22(2)21(25)20(23-11-7-10-19(23)24)15-12-18(17(28-3)13-16(15)29-22)30(26,27)14-8-5-4-6-9-14/h4-6,8-9,12-13,20-21,25H,7,10-11H2,1-3H3/t20-,21+/m1/s1. The zero-order valence-corrected chi connectivity index (χ0v) is 18.0. The van der Waals surface area contributed by atoms with Crippen molar-refractivity contribution in [1.29, 1.82) is 0 Å². The Kier molecular flexibility index (Phi) is 5.02. The molecule has 7 nitrogen and oxygen atoms in total.